The molecule has 1 heteroatoms. The summed E-state index contributed by atoms with van der Waals surface area (Å²) in [7, 11) is 0. The first-order chi connectivity index (χ1) is 11.7. The van der Waals surface area contributed by atoms with E-state index in [0.29, 0.717) is 0 Å². The van der Waals surface area contributed by atoms with E-state index in [1.165, 1.54) is 83.5 Å². The van der Waals surface area contributed by atoms with Crippen LogP contribution in [0, 0.1) is 46.3 Å². The van der Waals surface area contributed by atoms with E-state index in [0.717, 1.165) is 36.0 Å². The Labute approximate surface area is 150 Å². The van der Waals surface area contributed by atoms with Gasteiger partial charge in [0.05, 0.1) is 11.5 Å². The van der Waals surface area contributed by atoms with Crippen LogP contribution in [0.1, 0.15) is 104 Å². The monoisotopic (exact) mass is 329 g/mol. The molecule has 3 aliphatic carbocycles. The zero-order valence-electron chi connectivity index (χ0n) is 16.2. The molecular formula is C23H39N. The fraction of sp³-hybridized carbons (Fsp3) is 0.957. The topological polar surface area (TPSA) is 23.8 Å². The van der Waals surface area contributed by atoms with E-state index in [4.69, 9.17) is 0 Å². The van der Waals surface area contributed by atoms with Gasteiger partial charge in [-0.1, -0.05) is 52.4 Å². The zero-order chi connectivity index (χ0) is 17.0. The Morgan fingerprint density at radius 2 is 1.67 bits per heavy atom. The number of hydrogen-bond donors (Lipinski definition) is 0. The molecule has 0 amide bonds. The van der Waals surface area contributed by atoms with Crippen LogP contribution in [0.4, 0.5) is 0 Å². The van der Waals surface area contributed by atoms with Crippen molar-refractivity contribution in [1.82, 2.24) is 0 Å². The quantitative estimate of drug-likeness (QED) is 0.509. The fourth-order valence-corrected chi connectivity index (χ4v) is 6.68. The average Bonchev–Trinajstić information content (AvgIpc) is 2.64. The van der Waals surface area contributed by atoms with Crippen LogP contribution in [0.25, 0.3) is 0 Å². The van der Waals surface area contributed by atoms with Crippen molar-refractivity contribution in [3.63, 3.8) is 0 Å². The summed E-state index contributed by atoms with van der Waals surface area (Å²) in [4.78, 5) is 0. The molecule has 0 saturated heterocycles. The van der Waals surface area contributed by atoms with Gasteiger partial charge in [-0.3, -0.25) is 0 Å². The third-order valence-electron chi connectivity index (χ3n) is 8.03. The molecule has 6 unspecified atom stereocenters. The first-order valence-corrected chi connectivity index (χ1v) is 11.1. The smallest absolute Gasteiger partial charge is 0.0689 e. The van der Waals surface area contributed by atoms with E-state index in [2.05, 4.69) is 19.9 Å². The summed E-state index contributed by atoms with van der Waals surface area (Å²) in [5.41, 5.74) is 0.0440. The number of unbranched alkanes of at least 4 members (excludes halogenated alkanes) is 2. The number of fused-ring (bicyclic) bond motifs is 3. The van der Waals surface area contributed by atoms with E-state index in [9.17, 15) is 5.26 Å². The maximum atomic E-state index is 9.86. The van der Waals surface area contributed by atoms with Crippen molar-refractivity contribution in [3.8, 4) is 6.07 Å². The van der Waals surface area contributed by atoms with E-state index < -0.39 is 0 Å². The summed E-state index contributed by atoms with van der Waals surface area (Å²) in [5.74, 6) is 4.94. The van der Waals surface area contributed by atoms with Gasteiger partial charge in [0.25, 0.3) is 0 Å². The Hall–Kier alpha value is -0.510. The molecular weight excluding hydrogens is 290 g/mol. The molecule has 1 nitrogen and oxygen atoms in total. The first-order valence-electron chi connectivity index (χ1n) is 11.1. The Bertz CT molecular complexity index is 436. The SMILES string of the molecule is CCCCC1CCC2C(CCC3CC(C#N)(CCCC)CCC32)C1. The molecule has 0 radical (unpaired) electrons. The standard InChI is InChI=1S/C23H39N/c1-3-5-7-18-8-11-21-19(15-18)9-10-20-16-23(17-24,13-6-4-2)14-12-22(20)21/h18-22H,3-16H2,1-2H3. The summed E-state index contributed by atoms with van der Waals surface area (Å²) in [5, 5.41) is 9.86. The predicted octanol–water partition coefficient (Wildman–Crippen LogP) is 7.12. The first kappa shape index (κ1) is 18.3. The van der Waals surface area contributed by atoms with Crippen molar-refractivity contribution in [1.29, 1.82) is 5.26 Å². The highest BCUT2D eigenvalue weighted by Crippen LogP contribution is 2.57. The van der Waals surface area contributed by atoms with Gasteiger partial charge in [0, 0.05) is 0 Å². The summed E-state index contributed by atoms with van der Waals surface area (Å²) < 4.78 is 0. The summed E-state index contributed by atoms with van der Waals surface area (Å²) >= 11 is 0. The minimum absolute atomic E-state index is 0.0440. The van der Waals surface area contributed by atoms with Gasteiger partial charge in [-0.15, -0.1) is 0 Å². The lowest BCUT2D eigenvalue weighted by atomic mass is 9.52. The highest BCUT2D eigenvalue weighted by atomic mass is 14.5. The van der Waals surface area contributed by atoms with Crippen molar-refractivity contribution >= 4 is 0 Å². The molecule has 3 aliphatic rings. The van der Waals surface area contributed by atoms with Gasteiger partial charge in [0.2, 0.25) is 0 Å². The number of rotatable bonds is 6. The van der Waals surface area contributed by atoms with Gasteiger partial charge < -0.3 is 0 Å². The summed E-state index contributed by atoms with van der Waals surface area (Å²) in [6.07, 6.45) is 19.2. The molecule has 3 fully saturated rings. The lowest BCUT2D eigenvalue weighted by molar-refractivity contribution is -0.0180. The van der Waals surface area contributed by atoms with E-state index in [-0.39, 0.29) is 5.41 Å². The third kappa shape index (κ3) is 3.84. The maximum Gasteiger partial charge on any atom is 0.0689 e. The highest BCUT2D eigenvalue weighted by Gasteiger charge is 2.48. The Morgan fingerprint density at radius 1 is 0.917 bits per heavy atom. The molecule has 6 atom stereocenters. The Kier molecular flexibility index (Phi) is 6.28. The molecule has 0 bridgehead atoms. The van der Waals surface area contributed by atoms with Crippen LogP contribution in [-0.2, 0) is 0 Å². The van der Waals surface area contributed by atoms with Crippen LogP contribution in [0.5, 0.6) is 0 Å². The number of hydrogen-bond acceptors (Lipinski definition) is 1. The molecule has 0 N–H and O–H groups in total. The Morgan fingerprint density at radius 3 is 2.42 bits per heavy atom. The van der Waals surface area contributed by atoms with Gasteiger partial charge in [0.1, 0.15) is 0 Å². The van der Waals surface area contributed by atoms with Crippen LogP contribution in [0.2, 0.25) is 0 Å². The van der Waals surface area contributed by atoms with Crippen molar-refractivity contribution in [2.45, 2.75) is 104 Å². The molecule has 0 spiro atoms. The summed E-state index contributed by atoms with van der Waals surface area (Å²) in [6, 6.07) is 2.79. The van der Waals surface area contributed by atoms with Gasteiger partial charge in [-0.2, -0.15) is 5.26 Å². The molecule has 0 heterocycles. The van der Waals surface area contributed by atoms with Crippen molar-refractivity contribution in [2.24, 2.45) is 35.0 Å². The molecule has 24 heavy (non-hydrogen) atoms. The van der Waals surface area contributed by atoms with Crippen LogP contribution in [0.15, 0.2) is 0 Å². The minimum atomic E-state index is 0.0440. The Balaban J connectivity index is 1.59. The van der Waals surface area contributed by atoms with E-state index in [1.807, 2.05) is 0 Å². The molecule has 3 saturated carbocycles. The highest BCUT2D eigenvalue weighted by molar-refractivity contribution is 5.06. The van der Waals surface area contributed by atoms with Crippen molar-refractivity contribution in [3.05, 3.63) is 0 Å². The van der Waals surface area contributed by atoms with Crippen LogP contribution in [-0.4, -0.2) is 0 Å². The molecule has 0 aliphatic heterocycles. The van der Waals surface area contributed by atoms with Crippen LogP contribution >= 0.6 is 0 Å². The lowest BCUT2D eigenvalue weighted by Crippen LogP contribution is -2.44. The van der Waals surface area contributed by atoms with Crippen LogP contribution < -0.4 is 0 Å². The third-order valence-corrected chi connectivity index (χ3v) is 8.03. The van der Waals surface area contributed by atoms with E-state index in [1.54, 1.807) is 0 Å². The molecule has 3 rings (SSSR count). The van der Waals surface area contributed by atoms with Gasteiger partial charge in [-0.05, 0) is 81.0 Å². The molecule has 136 valence electrons. The predicted molar refractivity (Wildman–Crippen MR) is 101 cm³/mol. The second-order valence-electron chi connectivity index (χ2n) is 9.49. The molecule has 0 aromatic heterocycles. The minimum Gasteiger partial charge on any atom is -0.198 e. The molecule has 0 aromatic carbocycles. The largest absolute Gasteiger partial charge is 0.198 e. The maximum absolute atomic E-state index is 9.86. The molecule has 0 aromatic rings. The number of nitrogens with zero attached hydrogens (tertiary/aromatic N) is 1. The van der Waals surface area contributed by atoms with Gasteiger partial charge >= 0.3 is 0 Å². The average molecular weight is 330 g/mol. The second kappa shape index (κ2) is 8.25. The summed E-state index contributed by atoms with van der Waals surface area (Å²) in [6.45, 7) is 4.59. The van der Waals surface area contributed by atoms with Crippen LogP contribution in [0.3, 0.4) is 0 Å². The number of nitriles is 1. The van der Waals surface area contributed by atoms with Gasteiger partial charge in [0.15, 0.2) is 0 Å². The van der Waals surface area contributed by atoms with Gasteiger partial charge in [-0.25, -0.2) is 0 Å². The van der Waals surface area contributed by atoms with Crippen molar-refractivity contribution in [2.75, 3.05) is 0 Å². The normalized spacial score (nSPS) is 42.0. The second-order valence-corrected chi connectivity index (χ2v) is 9.49. The van der Waals surface area contributed by atoms with E-state index >= 15 is 0 Å². The zero-order valence-corrected chi connectivity index (χ0v) is 16.2. The lowest BCUT2D eigenvalue weighted by Gasteiger charge is -2.52. The van der Waals surface area contributed by atoms with Crippen molar-refractivity contribution < 1.29 is 0 Å². The fourth-order valence-electron chi connectivity index (χ4n) is 6.68.